The number of nitrogens with zero attached hydrogens (tertiary/aromatic N) is 7. The lowest BCUT2D eigenvalue weighted by Crippen LogP contribution is -2.38. The number of pyridine rings is 1. The van der Waals surface area contributed by atoms with E-state index < -0.39 is 211 Å². The number of hydrogen-bond acceptors (Lipinski definition) is 14. The van der Waals surface area contributed by atoms with Gasteiger partial charge in [0.1, 0.15) is 40.9 Å². The number of carboxylic acids is 1. The molecule has 0 spiro atoms. The van der Waals surface area contributed by atoms with Gasteiger partial charge in [-0.25, -0.2) is 44.5 Å². The van der Waals surface area contributed by atoms with Gasteiger partial charge in [0, 0.05) is 53.6 Å². The molecule has 22 nitrogen and oxygen atoms in total. The number of aliphatic carboxylic acids is 1. The van der Waals surface area contributed by atoms with Crippen LogP contribution in [0.2, 0.25) is 5.02 Å². The molecular weight excluding hydrogens is 1280 g/mol. The summed E-state index contributed by atoms with van der Waals surface area (Å²) in [6.45, 7) is -4.04. The first kappa shape index (κ1) is 66.3. The molecule has 3 heterocycles. The van der Waals surface area contributed by atoms with E-state index in [1.165, 1.54) is 26.0 Å². The van der Waals surface area contributed by atoms with Gasteiger partial charge in [-0.3, -0.25) is 23.7 Å². The van der Waals surface area contributed by atoms with E-state index in [4.69, 9.17) is 26.1 Å². The standard InChI is InChI=1S/C52H46ClF10N8O14PS2/c1-49(2,87(3,80)81)15-13-30-9-10-32(42(64-30)37(19-26-17-28(54)20-29(55)18-26)65-38(72)23-69-45-40(44(66-69)52(61,62)63)34-21-35(34)51(45,59)60)33-11-12-36(53)41-43(33)70(24-50(56,57)58)67-46(41)71(88(4,82)83)47(75)31-8-6-5-7-27(31)22-68(16-14-39(73)74)48(76)84-25-85-86(77,78)79/h5-12,17-18,20,34-35,37H,14,16,19,21-25H2,1-4H3,(H,65,72)(H,73,74)(H2,77,78,79)/t34-,35+,37-/m0/s1. The van der Waals surface area contributed by atoms with E-state index >= 15 is 8.78 Å². The molecular formula is C52H46ClF10N8O14PS2. The van der Waals surface area contributed by atoms with Crippen molar-refractivity contribution in [1.82, 2.24) is 34.8 Å². The number of amides is 3. The van der Waals surface area contributed by atoms with Gasteiger partial charge in [0.25, 0.3) is 11.8 Å². The smallest absolute Gasteiger partial charge is 0.472 e. The maximum absolute atomic E-state index is 15.7. The lowest BCUT2D eigenvalue weighted by molar-refractivity contribution is -0.143. The molecule has 2 aliphatic rings. The predicted molar refractivity (Wildman–Crippen MR) is 288 cm³/mol. The molecule has 3 atom stereocenters. The van der Waals surface area contributed by atoms with Crippen LogP contribution in [0.25, 0.3) is 22.0 Å². The van der Waals surface area contributed by atoms with Crippen molar-refractivity contribution in [3.63, 3.8) is 0 Å². The third kappa shape index (κ3) is 14.6. The Hall–Kier alpha value is -7.67. The van der Waals surface area contributed by atoms with Crippen molar-refractivity contribution in [2.75, 3.05) is 30.2 Å². The molecule has 3 amide bonds. The molecule has 6 aromatic rings. The normalized spacial score (nSPS) is 16.1. The maximum Gasteiger partial charge on any atom is 0.472 e. The van der Waals surface area contributed by atoms with E-state index in [9.17, 15) is 80.8 Å². The average molecular weight is 1330 g/mol. The van der Waals surface area contributed by atoms with Crippen LogP contribution in [0.3, 0.4) is 0 Å². The molecule has 1 fully saturated rings. The second-order valence-corrected chi connectivity index (χ2v) is 26.8. The predicted octanol–water partition coefficient (Wildman–Crippen LogP) is 8.38. The number of sulfone groups is 1. The van der Waals surface area contributed by atoms with E-state index in [0.29, 0.717) is 17.2 Å². The first-order valence-corrected chi connectivity index (χ1v) is 31.0. The molecule has 3 aromatic carbocycles. The molecule has 88 heavy (non-hydrogen) atoms. The van der Waals surface area contributed by atoms with E-state index in [2.05, 4.69) is 36.9 Å². The minimum Gasteiger partial charge on any atom is -0.481 e. The first-order valence-electron chi connectivity index (χ1n) is 25.3. The fraction of sp³-hybridized carbons (Fsp3) is 0.365. The van der Waals surface area contributed by atoms with Crippen LogP contribution in [0.5, 0.6) is 0 Å². The summed E-state index contributed by atoms with van der Waals surface area (Å²) in [5.41, 5.74) is -7.63. The Bertz CT molecular complexity index is 4170. The summed E-state index contributed by atoms with van der Waals surface area (Å²) in [5.74, 6) is -9.71. The van der Waals surface area contributed by atoms with Crippen molar-refractivity contribution < 1.29 is 109 Å². The van der Waals surface area contributed by atoms with Crippen molar-refractivity contribution in [1.29, 1.82) is 0 Å². The molecule has 4 N–H and O–H groups in total. The van der Waals surface area contributed by atoms with E-state index in [-0.39, 0.29) is 36.9 Å². The van der Waals surface area contributed by atoms with Gasteiger partial charge in [-0.2, -0.15) is 49.6 Å². The molecule has 0 radical (unpaired) electrons. The topological polar surface area (TPSA) is 300 Å². The van der Waals surface area contributed by atoms with Crippen LogP contribution in [0.1, 0.15) is 88.5 Å². The molecule has 0 bridgehead atoms. The number of carbonyl (C=O) groups is 4. The van der Waals surface area contributed by atoms with Crippen LogP contribution in [-0.4, -0.2) is 122 Å². The highest BCUT2D eigenvalue weighted by atomic mass is 35.5. The Morgan fingerprint density at radius 2 is 1.58 bits per heavy atom. The summed E-state index contributed by atoms with van der Waals surface area (Å²) in [4.78, 5) is 77.3. The summed E-state index contributed by atoms with van der Waals surface area (Å²) in [7, 11) is -14.4. The number of halogens is 11. The molecule has 8 rings (SSSR count). The van der Waals surface area contributed by atoms with Gasteiger partial charge >= 0.3 is 32.2 Å². The number of fused-ring (bicyclic) bond motifs is 4. The van der Waals surface area contributed by atoms with Crippen LogP contribution in [0, 0.1) is 29.4 Å². The highest BCUT2D eigenvalue weighted by molar-refractivity contribution is 7.93. The highest BCUT2D eigenvalue weighted by Gasteiger charge is 2.68. The zero-order valence-electron chi connectivity index (χ0n) is 45.6. The van der Waals surface area contributed by atoms with Crippen LogP contribution >= 0.6 is 19.4 Å². The number of aromatic nitrogens is 5. The van der Waals surface area contributed by atoms with Crippen molar-refractivity contribution in [2.24, 2.45) is 5.92 Å². The monoisotopic (exact) mass is 1330 g/mol. The number of rotatable bonds is 20. The SMILES string of the molecule is CC(C)(C#Cc1ccc(-c2ccc(Cl)c3c(N(C(=O)c4ccccc4CN(CCC(=O)O)C(=O)OCOP(=O)(O)O)S(C)(=O)=O)nn(CC(F)(F)F)c23)c([C@H](Cc2cc(F)cc(F)c2)NC(=O)Cn2nc(C(F)(F)F)c3c2C(F)(F)[C@@H]2C[C@H]32)n1)S(C)(=O)=O. The number of carboxylic acid groups (broad SMARTS) is 1. The number of phosphoric ester groups is 1. The Morgan fingerprint density at radius 3 is 2.18 bits per heavy atom. The highest BCUT2D eigenvalue weighted by Crippen LogP contribution is 2.68. The first-order chi connectivity index (χ1) is 40.6. The average Bonchev–Trinajstić information content (AvgIpc) is 1.57. The Morgan fingerprint density at radius 1 is 0.932 bits per heavy atom. The van der Waals surface area contributed by atoms with Gasteiger partial charge in [0.05, 0.1) is 40.3 Å². The van der Waals surface area contributed by atoms with Gasteiger partial charge in [-0.05, 0) is 86.1 Å². The van der Waals surface area contributed by atoms with Gasteiger partial charge in [-0.1, -0.05) is 41.8 Å². The number of phosphoric acid groups is 1. The van der Waals surface area contributed by atoms with Crippen molar-refractivity contribution in [3.8, 4) is 23.0 Å². The molecule has 2 aliphatic carbocycles. The molecule has 0 saturated heterocycles. The van der Waals surface area contributed by atoms with Crippen molar-refractivity contribution in [3.05, 3.63) is 128 Å². The van der Waals surface area contributed by atoms with Gasteiger partial charge in [0.2, 0.25) is 22.7 Å². The van der Waals surface area contributed by atoms with E-state index in [1.807, 2.05) is 0 Å². The lowest BCUT2D eigenvalue weighted by Gasteiger charge is -2.24. The summed E-state index contributed by atoms with van der Waals surface area (Å²) in [5, 5.41) is 17.8. The summed E-state index contributed by atoms with van der Waals surface area (Å²) < 4.78 is 221. The number of anilines is 1. The number of alkyl halides is 8. The van der Waals surface area contributed by atoms with Crippen molar-refractivity contribution in [2.45, 2.75) is 87.7 Å². The molecule has 472 valence electrons. The van der Waals surface area contributed by atoms with Crippen molar-refractivity contribution >= 4 is 79.9 Å². The van der Waals surface area contributed by atoms with Crippen LogP contribution in [0.4, 0.5) is 54.5 Å². The zero-order valence-corrected chi connectivity index (χ0v) is 48.9. The number of hydrogen-bond donors (Lipinski definition) is 4. The van der Waals surface area contributed by atoms with Crippen LogP contribution in [-0.2, 0) is 81.4 Å². The summed E-state index contributed by atoms with van der Waals surface area (Å²) >= 11 is 6.77. The molecule has 0 aliphatic heterocycles. The fourth-order valence-electron chi connectivity index (χ4n) is 9.69. The zero-order chi connectivity index (χ0) is 65.2. The van der Waals surface area contributed by atoms with E-state index in [1.54, 1.807) is 0 Å². The Balaban J connectivity index is 1.33. The van der Waals surface area contributed by atoms with Crippen LogP contribution < -0.4 is 9.62 Å². The molecule has 0 unspecified atom stereocenters. The number of nitrogens with one attached hydrogen (secondary N) is 1. The lowest BCUT2D eigenvalue weighted by atomic mass is 9.93. The second kappa shape index (κ2) is 24.0. The number of sulfonamides is 1. The number of benzene rings is 3. The van der Waals surface area contributed by atoms with Gasteiger partial charge < -0.3 is 29.8 Å². The number of ether oxygens (including phenoxy) is 1. The molecule has 1 saturated carbocycles. The number of carbonyl (C=O) groups excluding carboxylic acids is 3. The minimum absolute atomic E-state index is 0.0728. The molecule has 36 heteroatoms. The van der Waals surface area contributed by atoms with Gasteiger partial charge in [0.15, 0.2) is 21.3 Å². The quantitative estimate of drug-likeness (QED) is 0.0241. The largest absolute Gasteiger partial charge is 0.481 e. The summed E-state index contributed by atoms with van der Waals surface area (Å²) in [6.07, 6.45) is -12.7. The second-order valence-electron chi connectivity index (χ2n) is 20.7. The van der Waals surface area contributed by atoms with E-state index in [0.717, 1.165) is 54.8 Å². The molecule has 3 aromatic heterocycles. The Kier molecular flexibility index (Phi) is 18.1. The maximum atomic E-state index is 15.7. The fourth-order valence-corrected chi connectivity index (χ4v) is 11.2. The summed E-state index contributed by atoms with van der Waals surface area (Å²) in [6, 6.07) is 8.76. The Labute approximate surface area is 496 Å². The minimum atomic E-state index is -5.28. The third-order valence-electron chi connectivity index (χ3n) is 13.9. The van der Waals surface area contributed by atoms with Gasteiger partial charge in [-0.15, -0.1) is 0 Å². The van der Waals surface area contributed by atoms with Crippen LogP contribution in [0.15, 0.2) is 66.7 Å². The third-order valence-corrected chi connectivity index (χ3v) is 17.6.